The highest BCUT2D eigenvalue weighted by Gasteiger charge is 2.18. The number of allylic oxidation sites excluding steroid dienone is 5. The average Bonchev–Trinajstić information content (AvgIpc) is 3.43. The van der Waals surface area contributed by atoms with E-state index < -0.39 is 12.1 Å². The largest absolute Gasteiger partial charge is 0.466 e. The predicted molar refractivity (Wildman–Crippen MR) is 338 cm³/mol. The van der Waals surface area contributed by atoms with Gasteiger partial charge in [0.05, 0.1) is 25.4 Å². The van der Waals surface area contributed by atoms with Crippen LogP contribution in [0.4, 0.5) is 0 Å². The van der Waals surface area contributed by atoms with E-state index in [1.807, 2.05) is 6.08 Å². The molecule has 0 aliphatic rings. The highest BCUT2D eigenvalue weighted by atomic mass is 16.5. The third kappa shape index (κ3) is 63.1. The molecule has 6 nitrogen and oxygen atoms in total. The molecule has 0 spiro atoms. The van der Waals surface area contributed by atoms with Gasteiger partial charge in [-0.15, -0.1) is 0 Å². The number of esters is 1. The molecule has 0 aliphatic carbocycles. The predicted octanol–water partition coefficient (Wildman–Crippen LogP) is 22.3. The van der Waals surface area contributed by atoms with Gasteiger partial charge in [0.15, 0.2) is 0 Å². The first-order chi connectivity index (χ1) is 38.0. The van der Waals surface area contributed by atoms with Crippen LogP contribution in [0.1, 0.15) is 380 Å². The van der Waals surface area contributed by atoms with Gasteiger partial charge in [0.25, 0.3) is 0 Å². The van der Waals surface area contributed by atoms with Crippen molar-refractivity contribution in [3.05, 3.63) is 36.5 Å². The summed E-state index contributed by atoms with van der Waals surface area (Å²) in [6, 6.07) is -0.629. The SMILES string of the molecule is CCCCCC/C=C\C/C=C\CCCCCCCCCC(=O)OCCCCCCCCCCCCCCCCCCCCCCCCC(=O)NC(CO)C(O)/C=C/CCCCCCCCCCCCCCCCCCCC. The van der Waals surface area contributed by atoms with Crippen LogP contribution in [0.25, 0.3) is 0 Å². The van der Waals surface area contributed by atoms with Crippen molar-refractivity contribution < 1.29 is 24.5 Å². The van der Waals surface area contributed by atoms with Gasteiger partial charge < -0.3 is 20.3 Å². The molecule has 1 amide bonds. The van der Waals surface area contributed by atoms with Gasteiger partial charge in [0, 0.05) is 12.8 Å². The Bertz CT molecular complexity index is 1250. The number of hydrogen-bond acceptors (Lipinski definition) is 5. The second-order valence-corrected chi connectivity index (χ2v) is 23.9. The molecule has 0 rings (SSSR count). The molecule has 3 N–H and O–H groups in total. The number of hydrogen-bond donors (Lipinski definition) is 3. The fourth-order valence-electron chi connectivity index (χ4n) is 10.8. The third-order valence-electron chi connectivity index (χ3n) is 16.2. The van der Waals surface area contributed by atoms with E-state index in [1.165, 1.54) is 302 Å². The highest BCUT2D eigenvalue weighted by Crippen LogP contribution is 2.18. The van der Waals surface area contributed by atoms with Crippen LogP contribution in [0, 0.1) is 0 Å². The Morgan fingerprint density at radius 2 is 0.649 bits per heavy atom. The fraction of sp³-hybridized carbons (Fsp3) is 0.887. The number of amides is 1. The average molecular weight is 1080 g/mol. The topological polar surface area (TPSA) is 95.9 Å². The molecule has 454 valence electrons. The van der Waals surface area contributed by atoms with Gasteiger partial charge >= 0.3 is 5.97 Å². The summed E-state index contributed by atoms with van der Waals surface area (Å²) in [4.78, 5) is 24.6. The fourth-order valence-corrected chi connectivity index (χ4v) is 10.8. The molecule has 0 fully saturated rings. The Labute approximate surface area is 481 Å². The maximum atomic E-state index is 12.5. The van der Waals surface area contributed by atoms with E-state index in [0.717, 1.165) is 51.4 Å². The Morgan fingerprint density at radius 1 is 0.364 bits per heavy atom. The molecule has 0 saturated heterocycles. The zero-order chi connectivity index (χ0) is 55.7. The van der Waals surface area contributed by atoms with Crippen molar-refractivity contribution in [2.45, 2.75) is 392 Å². The van der Waals surface area contributed by atoms with Gasteiger partial charge in [-0.1, -0.05) is 339 Å². The Kier molecular flexibility index (Phi) is 64.9. The molecule has 0 radical (unpaired) electrons. The monoisotopic (exact) mass is 1080 g/mol. The first-order valence-corrected chi connectivity index (χ1v) is 34.8. The lowest BCUT2D eigenvalue weighted by Gasteiger charge is -2.20. The number of ether oxygens (including phenoxy) is 1. The van der Waals surface area contributed by atoms with Crippen LogP contribution >= 0.6 is 0 Å². The zero-order valence-electron chi connectivity index (χ0n) is 52.0. The second kappa shape index (κ2) is 66.6. The highest BCUT2D eigenvalue weighted by molar-refractivity contribution is 5.76. The summed E-state index contributed by atoms with van der Waals surface area (Å²) < 4.78 is 5.50. The van der Waals surface area contributed by atoms with E-state index in [2.05, 4.69) is 43.5 Å². The van der Waals surface area contributed by atoms with Crippen LogP contribution < -0.4 is 5.32 Å². The van der Waals surface area contributed by atoms with Crippen molar-refractivity contribution in [2.24, 2.45) is 0 Å². The van der Waals surface area contributed by atoms with Crippen molar-refractivity contribution >= 4 is 11.9 Å². The van der Waals surface area contributed by atoms with Crippen molar-refractivity contribution in [3.8, 4) is 0 Å². The maximum absolute atomic E-state index is 12.5. The lowest BCUT2D eigenvalue weighted by molar-refractivity contribution is -0.143. The van der Waals surface area contributed by atoms with Crippen LogP contribution in [0.3, 0.4) is 0 Å². The molecule has 0 saturated carbocycles. The second-order valence-electron chi connectivity index (χ2n) is 23.9. The molecule has 0 aromatic carbocycles. The molecule has 2 atom stereocenters. The molecule has 0 heterocycles. The van der Waals surface area contributed by atoms with Crippen molar-refractivity contribution in [3.63, 3.8) is 0 Å². The molecule has 77 heavy (non-hydrogen) atoms. The van der Waals surface area contributed by atoms with Crippen LogP contribution in [0.2, 0.25) is 0 Å². The van der Waals surface area contributed by atoms with E-state index in [9.17, 15) is 19.8 Å². The van der Waals surface area contributed by atoms with Gasteiger partial charge in [0.1, 0.15) is 0 Å². The summed E-state index contributed by atoms with van der Waals surface area (Å²) in [5.41, 5.74) is 0. The molecule has 6 heteroatoms. The van der Waals surface area contributed by atoms with Gasteiger partial charge in [-0.3, -0.25) is 9.59 Å². The molecule has 0 aromatic heterocycles. The van der Waals surface area contributed by atoms with Crippen LogP contribution in [-0.4, -0.2) is 47.4 Å². The normalized spacial score (nSPS) is 12.7. The number of carbonyl (C=O) groups is 2. The maximum Gasteiger partial charge on any atom is 0.305 e. The molecule has 0 aromatic rings. The van der Waals surface area contributed by atoms with Crippen molar-refractivity contribution in [2.75, 3.05) is 13.2 Å². The summed E-state index contributed by atoms with van der Waals surface area (Å²) in [7, 11) is 0. The molecule has 2 unspecified atom stereocenters. The number of carbonyl (C=O) groups excluding carboxylic acids is 2. The number of nitrogens with one attached hydrogen (secondary N) is 1. The van der Waals surface area contributed by atoms with E-state index in [0.29, 0.717) is 19.4 Å². The molecular formula is C71H135NO5. The minimum absolute atomic E-state index is 0.00592. The lowest BCUT2D eigenvalue weighted by atomic mass is 10.0. The van der Waals surface area contributed by atoms with Gasteiger partial charge in [-0.05, 0) is 64.2 Å². The Balaban J connectivity index is 3.40. The Morgan fingerprint density at radius 3 is 1.00 bits per heavy atom. The third-order valence-corrected chi connectivity index (χ3v) is 16.2. The van der Waals surface area contributed by atoms with E-state index in [-0.39, 0.29) is 18.5 Å². The number of rotatable bonds is 65. The van der Waals surface area contributed by atoms with Gasteiger partial charge in [-0.2, -0.15) is 0 Å². The van der Waals surface area contributed by atoms with Crippen LogP contribution in [0.5, 0.6) is 0 Å². The summed E-state index contributed by atoms with van der Waals surface area (Å²) >= 11 is 0. The van der Waals surface area contributed by atoms with E-state index in [4.69, 9.17) is 4.74 Å². The zero-order valence-corrected chi connectivity index (χ0v) is 52.0. The van der Waals surface area contributed by atoms with Crippen molar-refractivity contribution in [1.82, 2.24) is 5.32 Å². The van der Waals surface area contributed by atoms with Crippen LogP contribution in [-0.2, 0) is 14.3 Å². The molecule has 0 bridgehead atoms. The number of unbranched alkanes of at least 4 members (excludes halogenated alkanes) is 50. The smallest absolute Gasteiger partial charge is 0.305 e. The lowest BCUT2D eigenvalue weighted by Crippen LogP contribution is -2.45. The van der Waals surface area contributed by atoms with Crippen LogP contribution in [0.15, 0.2) is 36.5 Å². The first-order valence-electron chi connectivity index (χ1n) is 34.8. The molecule has 0 aliphatic heterocycles. The summed E-state index contributed by atoms with van der Waals surface area (Å²) in [6.45, 7) is 4.91. The minimum atomic E-state index is -0.846. The number of aliphatic hydroxyl groups excluding tert-OH is 2. The Hall–Kier alpha value is -1.92. The minimum Gasteiger partial charge on any atom is -0.466 e. The summed E-state index contributed by atoms with van der Waals surface area (Å²) in [5, 5.41) is 23.2. The first kappa shape index (κ1) is 75.1. The van der Waals surface area contributed by atoms with E-state index >= 15 is 0 Å². The summed E-state index contributed by atoms with van der Waals surface area (Å²) in [6.07, 6.45) is 84.9. The standard InChI is InChI=1S/C71H135NO5/c1-3-5-7-9-11-13-15-17-19-21-23-28-31-35-39-43-47-51-55-59-63-69(74)68(67-73)72-70(75)64-60-56-52-48-44-40-36-32-29-26-24-25-27-30-34-38-42-46-50-54-58-62-66-77-71(76)65-61-57-53-49-45-41-37-33-22-20-18-16-14-12-10-8-6-4-2/h14,16,20,22,59,63,68-69,73-74H,3-13,15,17-19,21,23-58,60-62,64-67H2,1-2H3,(H,72,75)/b16-14-,22-20-,63-59+. The van der Waals surface area contributed by atoms with Crippen molar-refractivity contribution in [1.29, 1.82) is 0 Å². The quantitative estimate of drug-likeness (QED) is 0.0320. The molecular weight excluding hydrogens is 947 g/mol. The van der Waals surface area contributed by atoms with Gasteiger partial charge in [-0.25, -0.2) is 0 Å². The van der Waals surface area contributed by atoms with E-state index in [1.54, 1.807) is 6.08 Å². The van der Waals surface area contributed by atoms with Gasteiger partial charge in [0.2, 0.25) is 5.91 Å². The summed E-state index contributed by atoms with van der Waals surface area (Å²) in [5.74, 6) is -0.0590. The number of aliphatic hydroxyl groups is 2.